The number of amides is 1. The summed E-state index contributed by atoms with van der Waals surface area (Å²) in [6.45, 7) is 11.7. The largest absolute Gasteiger partial charge is 0.390 e. The second-order valence-electron chi connectivity index (χ2n) is 10.8. The van der Waals surface area contributed by atoms with Gasteiger partial charge in [0.1, 0.15) is 17.7 Å². The van der Waals surface area contributed by atoms with Crippen LogP contribution in [0.5, 0.6) is 0 Å². The van der Waals surface area contributed by atoms with Crippen molar-refractivity contribution in [2.75, 3.05) is 32.6 Å². The predicted molar refractivity (Wildman–Crippen MR) is 156 cm³/mol. The molecule has 0 fully saturated rings. The van der Waals surface area contributed by atoms with Crippen LogP contribution in [0.2, 0.25) is 0 Å². The first-order chi connectivity index (χ1) is 20.0. The van der Waals surface area contributed by atoms with Crippen molar-refractivity contribution in [1.29, 1.82) is 0 Å². The van der Waals surface area contributed by atoms with E-state index in [0.717, 1.165) is 19.2 Å². The molecule has 0 unspecified atom stereocenters. The Morgan fingerprint density at radius 1 is 1.14 bits per heavy atom. The molecule has 0 heterocycles. The first-order valence-corrected chi connectivity index (χ1v) is 15.6. The fourth-order valence-electron chi connectivity index (χ4n) is 4.38. The maximum atomic E-state index is 13.9. The van der Waals surface area contributed by atoms with Crippen LogP contribution in [0.25, 0.3) is 0 Å². The zero-order valence-corrected chi connectivity index (χ0v) is 25.7. The first kappa shape index (κ1) is 38.6. The van der Waals surface area contributed by atoms with Crippen molar-refractivity contribution >= 4 is 15.9 Å². The van der Waals surface area contributed by atoms with E-state index < -0.39 is 64.1 Å². The Hall–Kier alpha value is -2.39. The van der Waals surface area contributed by atoms with E-state index in [4.69, 9.17) is 4.74 Å². The van der Waals surface area contributed by atoms with Crippen molar-refractivity contribution in [2.45, 2.75) is 76.4 Å². The fraction of sp³-hybridized carbons (Fsp3) is 0.621. The summed E-state index contributed by atoms with van der Waals surface area (Å²) < 4.78 is 97.6. The lowest BCUT2D eigenvalue weighted by Gasteiger charge is -2.31. The summed E-state index contributed by atoms with van der Waals surface area (Å²) in [5.74, 6) is -3.62. The number of rotatable bonds is 21. The van der Waals surface area contributed by atoms with E-state index in [0.29, 0.717) is 30.0 Å². The third-order valence-electron chi connectivity index (χ3n) is 6.56. The van der Waals surface area contributed by atoms with E-state index in [-0.39, 0.29) is 43.3 Å². The van der Waals surface area contributed by atoms with Crippen LogP contribution < -0.4 is 10.6 Å². The van der Waals surface area contributed by atoms with Gasteiger partial charge < -0.3 is 20.5 Å². The summed E-state index contributed by atoms with van der Waals surface area (Å²) in [5, 5.41) is 16.9. The van der Waals surface area contributed by atoms with Crippen LogP contribution in [-0.2, 0) is 26.0 Å². The number of sulfonamides is 1. The Kier molecular flexibility index (Phi) is 16.6. The summed E-state index contributed by atoms with van der Waals surface area (Å²) in [5.41, 5.74) is 0.115. The third kappa shape index (κ3) is 15.3. The average molecular weight is 642 g/mol. The lowest BCUT2D eigenvalue weighted by Crippen LogP contribution is -2.56. The molecule has 3 N–H and O–H groups in total. The number of hydrogen-bond acceptors (Lipinski definition) is 6. The standard InChI is InChI=1S/C29H44F5N3O5S/c1-6-8-9-26(37(5)43(40,41)12-10-29(32,33)34)28(39)36-25(16-21-14-22(30)17-23(31)15-21)27(38)18-35-24(13-20(3)4)19-42-11-7-2/h6-7,14-15,17,20,24-27,35,38H,1-2,8-13,16,18-19H2,3-5H3,(H,36,39)/t24-,25+,26+,27-/m1/s1. The summed E-state index contributed by atoms with van der Waals surface area (Å²) >= 11 is 0. The van der Waals surface area contributed by atoms with E-state index in [2.05, 4.69) is 23.8 Å². The molecule has 0 aliphatic rings. The molecule has 0 bridgehead atoms. The molecule has 1 rings (SSSR count). The number of aliphatic hydroxyl groups is 1. The minimum Gasteiger partial charge on any atom is -0.390 e. The molecule has 14 heteroatoms. The molecule has 0 radical (unpaired) electrons. The number of halogens is 5. The Bertz CT molecular complexity index is 1110. The minimum absolute atomic E-state index is 0.0748. The molecule has 0 saturated carbocycles. The van der Waals surface area contributed by atoms with E-state index in [1.807, 2.05) is 13.8 Å². The van der Waals surface area contributed by atoms with Gasteiger partial charge in [-0.25, -0.2) is 17.2 Å². The summed E-state index contributed by atoms with van der Waals surface area (Å²) in [6.07, 6.45) is -4.13. The predicted octanol–water partition coefficient (Wildman–Crippen LogP) is 4.11. The molecule has 8 nitrogen and oxygen atoms in total. The molecular formula is C29H44F5N3O5S. The van der Waals surface area contributed by atoms with Gasteiger partial charge in [0.05, 0.1) is 37.5 Å². The van der Waals surface area contributed by atoms with E-state index in [1.54, 1.807) is 6.08 Å². The molecular weight excluding hydrogens is 597 g/mol. The number of nitrogens with zero attached hydrogens (tertiary/aromatic N) is 1. The van der Waals surface area contributed by atoms with Crippen LogP contribution in [0.4, 0.5) is 22.0 Å². The number of ether oxygens (including phenoxy) is 1. The first-order valence-electron chi connectivity index (χ1n) is 14.0. The maximum Gasteiger partial charge on any atom is 0.390 e. The van der Waals surface area contributed by atoms with Gasteiger partial charge in [-0.15, -0.1) is 13.2 Å². The molecule has 4 atom stereocenters. The smallest absolute Gasteiger partial charge is 0.390 e. The number of nitrogens with one attached hydrogen (secondary N) is 2. The second-order valence-corrected chi connectivity index (χ2v) is 13.0. The fourth-order valence-corrected chi connectivity index (χ4v) is 5.75. The van der Waals surface area contributed by atoms with Gasteiger partial charge in [0.2, 0.25) is 15.9 Å². The quantitative estimate of drug-likeness (QED) is 0.106. The second kappa shape index (κ2) is 18.4. The molecule has 0 saturated heterocycles. The minimum atomic E-state index is -4.72. The Labute approximate surface area is 251 Å². The van der Waals surface area contributed by atoms with Gasteiger partial charge in [0.25, 0.3) is 0 Å². The van der Waals surface area contributed by atoms with Gasteiger partial charge in [-0.1, -0.05) is 26.0 Å². The molecule has 0 aliphatic heterocycles. The monoisotopic (exact) mass is 641 g/mol. The molecule has 1 amide bonds. The molecule has 0 aromatic heterocycles. The number of alkyl halides is 3. The van der Waals surface area contributed by atoms with Gasteiger partial charge in [0.15, 0.2) is 0 Å². The zero-order valence-electron chi connectivity index (χ0n) is 24.9. The van der Waals surface area contributed by atoms with Gasteiger partial charge in [-0.3, -0.25) is 4.79 Å². The van der Waals surface area contributed by atoms with Crippen molar-refractivity contribution in [1.82, 2.24) is 14.9 Å². The highest BCUT2D eigenvalue weighted by atomic mass is 32.2. The Morgan fingerprint density at radius 2 is 1.77 bits per heavy atom. The number of carbonyl (C=O) groups is 1. The van der Waals surface area contributed by atoms with Crippen LogP contribution in [0, 0.1) is 17.6 Å². The van der Waals surface area contributed by atoms with Crippen molar-refractivity contribution < 1.29 is 45.0 Å². The van der Waals surface area contributed by atoms with E-state index >= 15 is 0 Å². The summed E-state index contributed by atoms with van der Waals surface area (Å²) in [4.78, 5) is 13.5. The topological polar surface area (TPSA) is 108 Å². The molecule has 43 heavy (non-hydrogen) atoms. The van der Waals surface area contributed by atoms with Crippen molar-refractivity contribution in [3.05, 3.63) is 60.7 Å². The van der Waals surface area contributed by atoms with E-state index in [1.165, 1.54) is 6.08 Å². The summed E-state index contributed by atoms with van der Waals surface area (Å²) in [6, 6.07) is -0.0492. The van der Waals surface area contributed by atoms with Crippen LogP contribution in [0.3, 0.4) is 0 Å². The van der Waals surface area contributed by atoms with Crippen molar-refractivity contribution in [3.63, 3.8) is 0 Å². The molecule has 0 aliphatic carbocycles. The van der Waals surface area contributed by atoms with Crippen LogP contribution in [-0.4, -0.2) is 86.7 Å². The zero-order chi connectivity index (χ0) is 32.8. The number of allylic oxidation sites excluding steroid dienone is 1. The summed E-state index contributed by atoms with van der Waals surface area (Å²) in [7, 11) is -3.51. The number of aliphatic hydroxyl groups excluding tert-OH is 1. The van der Waals surface area contributed by atoms with Crippen molar-refractivity contribution in [3.8, 4) is 0 Å². The maximum absolute atomic E-state index is 13.9. The molecule has 1 aromatic carbocycles. The number of carbonyl (C=O) groups excluding carboxylic acids is 1. The normalized spacial score (nSPS) is 15.2. The van der Waals surface area contributed by atoms with E-state index in [9.17, 15) is 40.3 Å². The highest BCUT2D eigenvalue weighted by molar-refractivity contribution is 7.89. The lowest BCUT2D eigenvalue weighted by molar-refractivity contribution is -0.130. The number of benzene rings is 1. The SMILES string of the molecule is C=CCC[C@@H](C(=O)N[C@@H](Cc1cc(F)cc(F)c1)[C@H](O)CN[C@@H](COCC=C)CC(C)C)N(C)S(=O)(=O)CCC(F)(F)F. The van der Waals surface area contributed by atoms with Gasteiger partial charge in [0, 0.05) is 25.7 Å². The Balaban J connectivity index is 3.26. The third-order valence-corrected chi connectivity index (χ3v) is 8.42. The van der Waals surface area contributed by atoms with Gasteiger partial charge >= 0.3 is 6.18 Å². The lowest BCUT2D eigenvalue weighted by atomic mass is 9.99. The number of likely N-dealkylation sites (N-methyl/N-ethyl adjacent to an activating group) is 1. The van der Waals surface area contributed by atoms with Gasteiger partial charge in [-0.05, 0) is 49.3 Å². The highest BCUT2D eigenvalue weighted by Crippen LogP contribution is 2.22. The number of hydrogen-bond donors (Lipinski definition) is 3. The Morgan fingerprint density at radius 3 is 2.30 bits per heavy atom. The van der Waals surface area contributed by atoms with Gasteiger partial charge in [-0.2, -0.15) is 17.5 Å². The van der Waals surface area contributed by atoms with Crippen LogP contribution in [0.15, 0.2) is 43.5 Å². The molecule has 0 spiro atoms. The highest BCUT2D eigenvalue weighted by Gasteiger charge is 2.37. The average Bonchev–Trinajstić information content (AvgIpc) is 2.89. The van der Waals surface area contributed by atoms with Crippen LogP contribution >= 0.6 is 0 Å². The molecule has 246 valence electrons. The van der Waals surface area contributed by atoms with Crippen molar-refractivity contribution in [2.24, 2.45) is 5.92 Å². The molecule has 1 aromatic rings. The van der Waals surface area contributed by atoms with Crippen LogP contribution in [0.1, 0.15) is 45.1 Å².